The van der Waals surface area contributed by atoms with E-state index in [1.165, 1.54) is 13.8 Å². The quantitative estimate of drug-likeness (QED) is 0.332. The van der Waals surface area contributed by atoms with Crippen LogP contribution in [0.1, 0.15) is 66.2 Å². The highest BCUT2D eigenvalue weighted by Gasteiger charge is 2.22. The van der Waals surface area contributed by atoms with Gasteiger partial charge in [-0.15, -0.1) is 0 Å². The number of hydrogen-bond donors (Lipinski definition) is 3. The normalized spacial score (nSPS) is 12.1. The van der Waals surface area contributed by atoms with Crippen molar-refractivity contribution in [1.82, 2.24) is 16.0 Å². The van der Waals surface area contributed by atoms with Crippen LogP contribution in [0.25, 0.3) is 0 Å². The van der Waals surface area contributed by atoms with Crippen LogP contribution < -0.4 is 16.0 Å². The first-order chi connectivity index (χ1) is 13.6. The molecule has 0 rings (SSSR count). The Labute approximate surface area is 172 Å². The molecule has 0 spiro atoms. The largest absolute Gasteiger partial charge is 0.351 e. The zero-order valence-corrected chi connectivity index (χ0v) is 18.1. The number of nitrogens with one attached hydrogen (secondary N) is 3. The molecule has 2 atom stereocenters. The second-order valence-corrected chi connectivity index (χ2v) is 7.03. The van der Waals surface area contributed by atoms with Crippen molar-refractivity contribution in [2.24, 2.45) is 0 Å². The Balaban J connectivity index is 0. The topological polar surface area (TPSA) is 139 Å². The van der Waals surface area contributed by atoms with Gasteiger partial charge >= 0.3 is 0 Å². The van der Waals surface area contributed by atoms with E-state index in [2.05, 4.69) is 22.9 Å². The molecule has 0 aliphatic rings. The Hall–Kier alpha value is -2.42. The van der Waals surface area contributed by atoms with Crippen LogP contribution in [0, 0.1) is 0 Å². The van der Waals surface area contributed by atoms with Gasteiger partial charge in [-0.1, -0.05) is 0 Å². The molecule has 0 aromatic carbocycles. The van der Waals surface area contributed by atoms with Gasteiger partial charge in [0.15, 0.2) is 0 Å². The molecule has 2 unspecified atom stereocenters. The molecule has 3 N–H and O–H groups in total. The predicted octanol–water partition coefficient (Wildman–Crippen LogP) is 0.487. The number of rotatable bonds is 15. The van der Waals surface area contributed by atoms with Crippen molar-refractivity contribution in [3.8, 4) is 0 Å². The third kappa shape index (κ3) is 18.7. The number of carbonyl (C=O) groups excluding carboxylic acids is 6. The molecule has 9 heteroatoms. The average molecular weight is 414 g/mol. The van der Waals surface area contributed by atoms with Crippen molar-refractivity contribution in [2.45, 2.75) is 84.3 Å². The number of ketones is 3. The second kappa shape index (κ2) is 17.7. The first-order valence-corrected chi connectivity index (χ1v) is 9.66. The summed E-state index contributed by atoms with van der Waals surface area (Å²) < 4.78 is 0. The van der Waals surface area contributed by atoms with Gasteiger partial charge in [-0.05, 0) is 47.6 Å². The van der Waals surface area contributed by atoms with Crippen molar-refractivity contribution in [2.75, 3.05) is 7.05 Å². The van der Waals surface area contributed by atoms with Crippen LogP contribution in [0.4, 0.5) is 0 Å². The summed E-state index contributed by atoms with van der Waals surface area (Å²) in [6, 6.07) is -0.974. The first kappa shape index (κ1) is 28.8. The zero-order valence-electron chi connectivity index (χ0n) is 18.1. The van der Waals surface area contributed by atoms with Gasteiger partial charge in [0.1, 0.15) is 29.7 Å². The molecule has 166 valence electrons. The van der Waals surface area contributed by atoms with Crippen molar-refractivity contribution in [3.63, 3.8) is 0 Å². The minimum atomic E-state index is -0.848. The lowest BCUT2D eigenvalue weighted by atomic mass is 10.0. The number of Topliss-reactive ketones (excluding diaryl/α,β-unsaturated/α-hetero) is 3. The highest BCUT2D eigenvalue weighted by Crippen LogP contribution is 2.03. The lowest BCUT2D eigenvalue weighted by molar-refractivity contribution is -0.127. The van der Waals surface area contributed by atoms with Crippen LogP contribution in [0.5, 0.6) is 0 Å². The Morgan fingerprint density at radius 1 is 0.897 bits per heavy atom. The summed E-state index contributed by atoms with van der Waals surface area (Å²) >= 11 is 0. The van der Waals surface area contributed by atoms with Crippen LogP contribution in [-0.4, -0.2) is 61.1 Å². The number of aldehydes is 1. The Morgan fingerprint density at radius 2 is 1.45 bits per heavy atom. The van der Waals surface area contributed by atoms with E-state index in [1.54, 1.807) is 6.92 Å². The fraction of sp³-hybridized carbons (Fsp3) is 0.700. The molecule has 0 aliphatic heterocycles. The number of amides is 2. The van der Waals surface area contributed by atoms with Gasteiger partial charge in [-0.2, -0.15) is 0 Å². The molecular formula is C20H35N3O6. The van der Waals surface area contributed by atoms with Crippen LogP contribution in [0.3, 0.4) is 0 Å². The number of hydrogen-bond acceptors (Lipinski definition) is 7. The van der Waals surface area contributed by atoms with E-state index in [9.17, 15) is 28.8 Å². The third-order valence-corrected chi connectivity index (χ3v) is 4.00. The fourth-order valence-electron chi connectivity index (χ4n) is 2.34. The van der Waals surface area contributed by atoms with Gasteiger partial charge in [0.2, 0.25) is 12.3 Å². The molecule has 9 nitrogen and oxygen atoms in total. The van der Waals surface area contributed by atoms with Crippen molar-refractivity contribution >= 4 is 36.0 Å². The van der Waals surface area contributed by atoms with E-state index in [1.807, 2.05) is 7.05 Å². The standard InChI is InChI=1S/C13H20N2O5.C7H15NO/c1-9(18)6-11(7-10(2)19)15-13(20)12(14-8-17)4-3-5-16;1-6(8-3)4-5-7(2)9/h5,8,11-12H,3-4,6-7H2,1-2H3,(H,14,17)(H,15,20);6,8H,4-5H2,1-3H3. The van der Waals surface area contributed by atoms with Crippen molar-refractivity contribution < 1.29 is 28.8 Å². The second-order valence-electron chi connectivity index (χ2n) is 7.03. The van der Waals surface area contributed by atoms with Gasteiger partial charge < -0.3 is 25.5 Å². The summed E-state index contributed by atoms with van der Waals surface area (Å²) in [5.74, 6) is -0.530. The molecular weight excluding hydrogens is 378 g/mol. The predicted molar refractivity (Wildman–Crippen MR) is 109 cm³/mol. The van der Waals surface area contributed by atoms with Crippen LogP contribution in [-0.2, 0) is 28.8 Å². The molecule has 0 aromatic rings. The highest BCUT2D eigenvalue weighted by molar-refractivity contribution is 5.86. The summed E-state index contributed by atoms with van der Waals surface area (Å²) in [6.07, 6.45) is 3.06. The summed E-state index contributed by atoms with van der Waals surface area (Å²) in [5, 5.41) is 7.93. The van der Waals surface area contributed by atoms with Crippen LogP contribution in [0.2, 0.25) is 0 Å². The van der Waals surface area contributed by atoms with E-state index in [0.29, 0.717) is 25.2 Å². The smallest absolute Gasteiger partial charge is 0.242 e. The summed E-state index contributed by atoms with van der Waals surface area (Å²) in [7, 11) is 1.91. The highest BCUT2D eigenvalue weighted by atomic mass is 16.2. The SMILES string of the molecule is CC(=O)CC(CC(C)=O)NC(=O)C(CCC=O)NC=O.CNC(C)CCC(C)=O. The van der Waals surface area contributed by atoms with E-state index >= 15 is 0 Å². The molecule has 0 saturated heterocycles. The van der Waals surface area contributed by atoms with Crippen LogP contribution in [0.15, 0.2) is 0 Å². The van der Waals surface area contributed by atoms with Gasteiger partial charge in [0, 0.05) is 37.8 Å². The van der Waals surface area contributed by atoms with Gasteiger partial charge in [-0.3, -0.25) is 19.2 Å². The lowest BCUT2D eigenvalue weighted by Gasteiger charge is -2.20. The molecule has 2 amide bonds. The Bertz CT molecular complexity index is 534. The minimum Gasteiger partial charge on any atom is -0.351 e. The lowest BCUT2D eigenvalue weighted by Crippen LogP contribution is -2.48. The minimum absolute atomic E-state index is 0.0484. The van der Waals surface area contributed by atoms with Gasteiger partial charge in [0.25, 0.3) is 0 Å². The summed E-state index contributed by atoms with van der Waals surface area (Å²) in [6.45, 7) is 6.44. The van der Waals surface area contributed by atoms with E-state index in [0.717, 1.165) is 6.42 Å². The van der Waals surface area contributed by atoms with Crippen molar-refractivity contribution in [3.05, 3.63) is 0 Å². The molecule has 29 heavy (non-hydrogen) atoms. The average Bonchev–Trinajstić information content (AvgIpc) is 2.62. The molecule has 0 aromatic heterocycles. The van der Waals surface area contributed by atoms with Gasteiger partial charge in [-0.25, -0.2) is 0 Å². The van der Waals surface area contributed by atoms with E-state index < -0.39 is 18.0 Å². The number of carbonyl (C=O) groups is 6. The molecule has 0 fully saturated rings. The zero-order chi connectivity index (χ0) is 22.8. The van der Waals surface area contributed by atoms with E-state index in [4.69, 9.17) is 0 Å². The molecule has 0 radical (unpaired) electrons. The Morgan fingerprint density at radius 3 is 1.83 bits per heavy atom. The molecule has 0 heterocycles. The maximum Gasteiger partial charge on any atom is 0.242 e. The van der Waals surface area contributed by atoms with Crippen molar-refractivity contribution in [1.29, 1.82) is 0 Å². The first-order valence-electron chi connectivity index (χ1n) is 9.66. The summed E-state index contributed by atoms with van der Waals surface area (Å²) in [4.78, 5) is 65.3. The maximum atomic E-state index is 11.9. The van der Waals surface area contributed by atoms with Gasteiger partial charge in [0.05, 0.1) is 0 Å². The monoisotopic (exact) mass is 413 g/mol. The summed E-state index contributed by atoms with van der Waals surface area (Å²) in [5.41, 5.74) is 0. The molecule has 0 bridgehead atoms. The van der Waals surface area contributed by atoms with E-state index in [-0.39, 0.29) is 43.0 Å². The van der Waals surface area contributed by atoms with Crippen LogP contribution >= 0.6 is 0 Å². The third-order valence-electron chi connectivity index (χ3n) is 4.00. The fourth-order valence-corrected chi connectivity index (χ4v) is 2.34. The Kier molecular flexibility index (Phi) is 17.5. The molecule has 0 aliphatic carbocycles. The molecule has 0 saturated carbocycles. The maximum absolute atomic E-state index is 11.9.